The summed E-state index contributed by atoms with van der Waals surface area (Å²) in [5.74, 6) is 2.43. The summed E-state index contributed by atoms with van der Waals surface area (Å²) >= 11 is 0. The number of rotatable bonds is 9. The molecular formula is C25H35N3O3. The molecule has 1 aliphatic rings. The predicted molar refractivity (Wildman–Crippen MR) is 125 cm³/mol. The number of ether oxygens (including phenoxy) is 3. The van der Waals surface area contributed by atoms with E-state index >= 15 is 0 Å². The van der Waals surface area contributed by atoms with Gasteiger partial charge in [0.15, 0.2) is 17.5 Å². The summed E-state index contributed by atoms with van der Waals surface area (Å²) < 4.78 is 17.3. The van der Waals surface area contributed by atoms with E-state index in [0.29, 0.717) is 19.3 Å². The molecule has 0 amide bonds. The van der Waals surface area contributed by atoms with Crippen LogP contribution in [0.4, 0.5) is 0 Å². The molecule has 0 aliphatic carbocycles. The van der Waals surface area contributed by atoms with Crippen LogP contribution in [-0.4, -0.2) is 50.3 Å². The second-order valence-corrected chi connectivity index (χ2v) is 7.57. The minimum Gasteiger partial charge on any atom is -0.493 e. The Morgan fingerprint density at radius 1 is 1.03 bits per heavy atom. The first kappa shape index (κ1) is 22.9. The van der Waals surface area contributed by atoms with Crippen molar-refractivity contribution in [3.8, 4) is 11.5 Å². The summed E-state index contributed by atoms with van der Waals surface area (Å²) in [6, 6.07) is 16.2. The van der Waals surface area contributed by atoms with Gasteiger partial charge < -0.3 is 24.4 Å². The van der Waals surface area contributed by atoms with Gasteiger partial charge in [0.05, 0.1) is 19.8 Å². The molecule has 3 rings (SSSR count). The number of benzene rings is 2. The maximum atomic E-state index is 5.97. The topological polar surface area (TPSA) is 55.3 Å². The highest BCUT2D eigenvalue weighted by atomic mass is 16.5. The van der Waals surface area contributed by atoms with Gasteiger partial charge >= 0.3 is 0 Å². The van der Waals surface area contributed by atoms with E-state index in [4.69, 9.17) is 19.2 Å². The first-order valence-electron chi connectivity index (χ1n) is 11.2. The lowest BCUT2D eigenvalue weighted by Gasteiger charge is -2.34. The van der Waals surface area contributed by atoms with Crippen LogP contribution in [0, 0.1) is 0 Å². The lowest BCUT2D eigenvalue weighted by atomic mass is 10.1. The first-order valence-corrected chi connectivity index (χ1v) is 11.2. The third-order valence-corrected chi connectivity index (χ3v) is 5.36. The van der Waals surface area contributed by atoms with Crippen LogP contribution in [0.25, 0.3) is 0 Å². The summed E-state index contributed by atoms with van der Waals surface area (Å²) in [7, 11) is 1.67. The van der Waals surface area contributed by atoms with Gasteiger partial charge in [0.2, 0.25) is 0 Å². The van der Waals surface area contributed by atoms with E-state index in [0.717, 1.165) is 67.7 Å². The second-order valence-electron chi connectivity index (χ2n) is 7.57. The molecule has 6 heteroatoms. The van der Waals surface area contributed by atoms with Gasteiger partial charge in [0.1, 0.15) is 6.61 Å². The number of hydrogen-bond donors (Lipinski definition) is 1. The standard InChI is InChI=1S/C25H35N3O3/c1-4-26-25(28-15-13-22(14-16-28)30-5-2)27-18-21-11-12-23(24(17-21)29-3)31-19-20-9-7-6-8-10-20/h6-12,17,22H,4-5,13-16,18-19H2,1-3H3,(H,26,27). The molecule has 1 saturated heterocycles. The number of nitrogens with one attached hydrogen (secondary N) is 1. The van der Waals surface area contributed by atoms with Crippen molar-refractivity contribution in [3.63, 3.8) is 0 Å². The summed E-state index contributed by atoms with van der Waals surface area (Å²) in [6.07, 6.45) is 2.45. The maximum Gasteiger partial charge on any atom is 0.194 e. The highest BCUT2D eigenvalue weighted by molar-refractivity contribution is 5.80. The molecule has 0 bridgehead atoms. The third-order valence-electron chi connectivity index (χ3n) is 5.36. The van der Waals surface area contributed by atoms with Gasteiger partial charge in [-0.15, -0.1) is 0 Å². The lowest BCUT2D eigenvalue weighted by molar-refractivity contribution is 0.0263. The normalized spacial score (nSPS) is 15.1. The Morgan fingerprint density at radius 2 is 1.81 bits per heavy atom. The largest absolute Gasteiger partial charge is 0.493 e. The molecule has 6 nitrogen and oxygen atoms in total. The van der Waals surface area contributed by atoms with Crippen LogP contribution in [0.1, 0.15) is 37.8 Å². The number of piperidine rings is 1. The molecule has 1 heterocycles. The van der Waals surface area contributed by atoms with Crippen molar-refractivity contribution in [2.45, 2.75) is 45.9 Å². The van der Waals surface area contributed by atoms with Crippen LogP contribution < -0.4 is 14.8 Å². The van der Waals surface area contributed by atoms with Gasteiger partial charge in [-0.2, -0.15) is 0 Å². The van der Waals surface area contributed by atoms with Crippen LogP contribution in [0.3, 0.4) is 0 Å². The fraction of sp³-hybridized carbons (Fsp3) is 0.480. The molecule has 0 unspecified atom stereocenters. The molecule has 0 saturated carbocycles. The molecule has 0 atom stereocenters. The quantitative estimate of drug-likeness (QED) is 0.481. The third kappa shape index (κ3) is 6.89. The Bertz CT molecular complexity index is 818. The molecule has 168 valence electrons. The predicted octanol–water partition coefficient (Wildman–Crippen LogP) is 4.24. The van der Waals surface area contributed by atoms with Crippen LogP contribution in [0.5, 0.6) is 11.5 Å². The van der Waals surface area contributed by atoms with Gasteiger partial charge in [-0.3, -0.25) is 0 Å². The summed E-state index contributed by atoms with van der Waals surface area (Å²) in [5.41, 5.74) is 2.21. The minimum atomic E-state index is 0.372. The summed E-state index contributed by atoms with van der Waals surface area (Å²) in [4.78, 5) is 7.20. The number of aliphatic imine (C=N–C) groups is 1. The molecule has 1 N–H and O–H groups in total. The van der Waals surface area contributed by atoms with Crippen LogP contribution in [-0.2, 0) is 17.9 Å². The number of guanidine groups is 1. The van der Waals surface area contributed by atoms with Crippen LogP contribution in [0.2, 0.25) is 0 Å². The molecule has 0 radical (unpaired) electrons. The zero-order valence-corrected chi connectivity index (χ0v) is 19.0. The Labute approximate surface area is 186 Å². The van der Waals surface area contributed by atoms with Gasteiger partial charge in [-0.1, -0.05) is 36.4 Å². The van der Waals surface area contributed by atoms with Gasteiger partial charge in [0, 0.05) is 26.2 Å². The van der Waals surface area contributed by atoms with Crippen molar-refractivity contribution in [1.82, 2.24) is 10.2 Å². The summed E-state index contributed by atoms with van der Waals surface area (Å²) in [6.45, 7) is 8.82. The van der Waals surface area contributed by atoms with E-state index in [1.165, 1.54) is 0 Å². The first-order chi connectivity index (χ1) is 15.2. The fourth-order valence-corrected chi connectivity index (χ4v) is 3.73. The monoisotopic (exact) mass is 425 g/mol. The number of methoxy groups -OCH3 is 1. The molecule has 1 fully saturated rings. The van der Waals surface area contributed by atoms with E-state index in [1.807, 2.05) is 30.3 Å². The molecule has 1 aliphatic heterocycles. The number of likely N-dealkylation sites (tertiary alicyclic amines) is 1. The Kier molecular flexibility index (Phi) is 9.03. The zero-order chi connectivity index (χ0) is 21.9. The van der Waals surface area contributed by atoms with Crippen molar-refractivity contribution in [1.29, 1.82) is 0 Å². The van der Waals surface area contributed by atoms with Crippen LogP contribution >= 0.6 is 0 Å². The van der Waals surface area contributed by atoms with Gasteiger partial charge in [-0.25, -0.2) is 4.99 Å². The second kappa shape index (κ2) is 12.2. The van der Waals surface area contributed by atoms with Crippen molar-refractivity contribution >= 4 is 5.96 Å². The molecule has 2 aromatic rings. The Hall–Kier alpha value is -2.73. The summed E-state index contributed by atoms with van der Waals surface area (Å²) in [5, 5.41) is 3.43. The van der Waals surface area contributed by atoms with Crippen LogP contribution in [0.15, 0.2) is 53.5 Å². The zero-order valence-electron chi connectivity index (χ0n) is 19.0. The van der Waals surface area contributed by atoms with Gasteiger partial charge in [0.25, 0.3) is 0 Å². The van der Waals surface area contributed by atoms with E-state index in [9.17, 15) is 0 Å². The lowest BCUT2D eigenvalue weighted by Crippen LogP contribution is -2.47. The van der Waals surface area contributed by atoms with Crippen molar-refractivity contribution in [2.75, 3.05) is 33.4 Å². The average molecular weight is 426 g/mol. The van der Waals surface area contributed by atoms with Crippen molar-refractivity contribution in [3.05, 3.63) is 59.7 Å². The van der Waals surface area contributed by atoms with Crippen molar-refractivity contribution in [2.24, 2.45) is 4.99 Å². The Balaban J connectivity index is 1.62. The fourth-order valence-electron chi connectivity index (χ4n) is 3.73. The molecular weight excluding hydrogens is 390 g/mol. The van der Waals surface area contributed by atoms with E-state index in [-0.39, 0.29) is 0 Å². The van der Waals surface area contributed by atoms with E-state index < -0.39 is 0 Å². The highest BCUT2D eigenvalue weighted by Gasteiger charge is 2.21. The molecule has 0 spiro atoms. The average Bonchev–Trinajstić information content (AvgIpc) is 2.82. The smallest absolute Gasteiger partial charge is 0.194 e. The molecule has 0 aromatic heterocycles. The van der Waals surface area contributed by atoms with E-state index in [2.05, 4.69) is 42.3 Å². The SMILES string of the molecule is CCNC(=NCc1ccc(OCc2ccccc2)c(OC)c1)N1CCC(OCC)CC1. The number of nitrogens with zero attached hydrogens (tertiary/aromatic N) is 2. The maximum absolute atomic E-state index is 5.97. The Morgan fingerprint density at radius 3 is 2.48 bits per heavy atom. The van der Waals surface area contributed by atoms with Crippen molar-refractivity contribution < 1.29 is 14.2 Å². The van der Waals surface area contributed by atoms with E-state index in [1.54, 1.807) is 7.11 Å². The number of hydrogen-bond acceptors (Lipinski definition) is 4. The highest BCUT2D eigenvalue weighted by Crippen LogP contribution is 2.29. The molecule has 2 aromatic carbocycles. The minimum absolute atomic E-state index is 0.372. The van der Waals surface area contributed by atoms with Gasteiger partial charge in [-0.05, 0) is 49.9 Å². The molecule has 31 heavy (non-hydrogen) atoms.